The number of hydrogen-bond donors (Lipinski definition) is 2. The SMILES string of the molecule is COc1cccc(C(C)NC(=O)CN2Cc3ccc(-c4nc(NC5CCOCC5)ncc4Cl)cc3C2=O)c1. The summed E-state index contributed by atoms with van der Waals surface area (Å²) in [5.74, 6) is 0.785. The number of rotatable bonds is 8. The summed E-state index contributed by atoms with van der Waals surface area (Å²) in [7, 11) is 1.60. The number of halogens is 1. The molecule has 0 saturated carbocycles. The van der Waals surface area contributed by atoms with Crippen molar-refractivity contribution in [1.82, 2.24) is 20.2 Å². The van der Waals surface area contributed by atoms with Crippen molar-refractivity contribution in [2.75, 3.05) is 32.2 Å². The highest BCUT2D eigenvalue weighted by Gasteiger charge is 2.30. The van der Waals surface area contributed by atoms with Crippen LogP contribution < -0.4 is 15.4 Å². The molecule has 3 heterocycles. The van der Waals surface area contributed by atoms with Gasteiger partial charge in [0.2, 0.25) is 11.9 Å². The molecule has 1 atom stereocenters. The normalized spacial score (nSPS) is 16.2. The van der Waals surface area contributed by atoms with Crippen molar-refractivity contribution >= 4 is 29.4 Å². The molecular weight excluding hydrogens is 506 g/mol. The number of carbonyl (C=O) groups excluding carboxylic acids is 2. The third-order valence-corrected chi connectivity index (χ3v) is 7.14. The van der Waals surface area contributed by atoms with Gasteiger partial charge in [-0.05, 0) is 49.1 Å². The molecule has 1 fully saturated rings. The van der Waals surface area contributed by atoms with E-state index in [0.29, 0.717) is 42.0 Å². The summed E-state index contributed by atoms with van der Waals surface area (Å²) in [5, 5.41) is 6.72. The number of nitrogens with one attached hydrogen (secondary N) is 2. The van der Waals surface area contributed by atoms with E-state index < -0.39 is 0 Å². The van der Waals surface area contributed by atoms with Crippen LogP contribution in [-0.2, 0) is 16.1 Å². The van der Waals surface area contributed by atoms with E-state index in [4.69, 9.17) is 21.1 Å². The predicted octanol–water partition coefficient (Wildman–Crippen LogP) is 4.23. The topological polar surface area (TPSA) is 106 Å². The Balaban J connectivity index is 1.26. The molecule has 2 aliphatic rings. The summed E-state index contributed by atoms with van der Waals surface area (Å²) in [5.41, 5.74) is 3.60. The van der Waals surface area contributed by atoms with Gasteiger partial charge < -0.3 is 25.0 Å². The fourth-order valence-corrected chi connectivity index (χ4v) is 4.95. The second-order valence-corrected chi connectivity index (χ2v) is 9.93. The van der Waals surface area contributed by atoms with Crippen molar-refractivity contribution in [3.8, 4) is 17.0 Å². The van der Waals surface area contributed by atoms with Gasteiger partial charge in [0, 0.05) is 36.9 Å². The van der Waals surface area contributed by atoms with E-state index >= 15 is 0 Å². The average Bonchev–Trinajstić information content (AvgIpc) is 3.24. The van der Waals surface area contributed by atoms with Crippen molar-refractivity contribution < 1.29 is 19.1 Å². The predicted molar refractivity (Wildman–Crippen MR) is 144 cm³/mol. The first-order valence-corrected chi connectivity index (χ1v) is 13.0. The van der Waals surface area contributed by atoms with E-state index in [2.05, 4.69) is 20.6 Å². The number of hydrogen-bond acceptors (Lipinski definition) is 7. The molecule has 9 nitrogen and oxygen atoms in total. The van der Waals surface area contributed by atoms with Crippen LogP contribution in [0.1, 0.15) is 47.3 Å². The zero-order valence-electron chi connectivity index (χ0n) is 21.4. The summed E-state index contributed by atoms with van der Waals surface area (Å²) in [4.78, 5) is 36.5. The van der Waals surface area contributed by atoms with Crippen LogP contribution in [0.2, 0.25) is 5.02 Å². The maximum atomic E-state index is 13.2. The molecule has 2 amide bonds. The minimum absolute atomic E-state index is 0.0371. The minimum Gasteiger partial charge on any atom is -0.497 e. The molecule has 0 radical (unpaired) electrons. The maximum absolute atomic E-state index is 13.2. The number of nitrogens with zero attached hydrogens (tertiary/aromatic N) is 3. The molecule has 0 spiro atoms. The second kappa shape index (κ2) is 11.4. The number of anilines is 1. The molecule has 198 valence electrons. The van der Waals surface area contributed by atoms with Gasteiger partial charge in [-0.25, -0.2) is 9.97 Å². The molecule has 2 aliphatic heterocycles. The lowest BCUT2D eigenvalue weighted by Gasteiger charge is -2.23. The Morgan fingerprint density at radius 1 is 1.24 bits per heavy atom. The lowest BCUT2D eigenvalue weighted by atomic mass is 10.0. The first kappa shape index (κ1) is 25.9. The molecule has 2 aromatic carbocycles. The Hall–Kier alpha value is -3.69. The summed E-state index contributed by atoms with van der Waals surface area (Å²) in [6.07, 6.45) is 3.34. The van der Waals surface area contributed by atoms with Gasteiger partial charge >= 0.3 is 0 Å². The van der Waals surface area contributed by atoms with Crippen molar-refractivity contribution in [2.45, 2.75) is 38.4 Å². The van der Waals surface area contributed by atoms with Crippen LogP contribution >= 0.6 is 11.6 Å². The van der Waals surface area contributed by atoms with Crippen LogP contribution in [0.4, 0.5) is 5.95 Å². The van der Waals surface area contributed by atoms with E-state index in [-0.39, 0.29) is 30.4 Å². The monoisotopic (exact) mass is 535 g/mol. The van der Waals surface area contributed by atoms with Crippen molar-refractivity contribution in [3.63, 3.8) is 0 Å². The highest BCUT2D eigenvalue weighted by atomic mass is 35.5. The average molecular weight is 536 g/mol. The quantitative estimate of drug-likeness (QED) is 0.444. The van der Waals surface area contributed by atoms with E-state index in [9.17, 15) is 9.59 Å². The van der Waals surface area contributed by atoms with Gasteiger partial charge in [-0.2, -0.15) is 0 Å². The van der Waals surface area contributed by atoms with Gasteiger partial charge in [0.15, 0.2) is 0 Å². The Bertz CT molecular complexity index is 1340. The zero-order chi connectivity index (χ0) is 26.6. The highest BCUT2D eigenvalue weighted by molar-refractivity contribution is 6.33. The van der Waals surface area contributed by atoms with Crippen LogP contribution in [0.25, 0.3) is 11.3 Å². The van der Waals surface area contributed by atoms with Gasteiger partial charge in [0.05, 0.1) is 30.1 Å². The van der Waals surface area contributed by atoms with E-state index in [1.165, 1.54) is 0 Å². The first-order chi connectivity index (χ1) is 18.4. The fourth-order valence-electron chi connectivity index (χ4n) is 4.75. The Morgan fingerprint density at radius 3 is 2.84 bits per heavy atom. The molecule has 1 saturated heterocycles. The molecule has 10 heteroatoms. The lowest BCUT2D eigenvalue weighted by molar-refractivity contribution is -0.122. The summed E-state index contributed by atoms with van der Waals surface area (Å²) < 4.78 is 10.7. The summed E-state index contributed by atoms with van der Waals surface area (Å²) >= 11 is 6.45. The number of methoxy groups -OCH3 is 1. The van der Waals surface area contributed by atoms with Gasteiger partial charge in [-0.1, -0.05) is 35.9 Å². The number of benzene rings is 2. The van der Waals surface area contributed by atoms with Crippen LogP contribution in [-0.4, -0.2) is 59.6 Å². The van der Waals surface area contributed by atoms with Crippen LogP contribution in [0.3, 0.4) is 0 Å². The summed E-state index contributed by atoms with van der Waals surface area (Å²) in [6.45, 7) is 3.64. The molecular formula is C28H30ClN5O4. The summed E-state index contributed by atoms with van der Waals surface area (Å²) in [6, 6.07) is 13.1. The standard InChI is InChI=1S/C28H30ClN5O4/c1-17(18-4-3-5-22(12-18)37-2)31-25(35)16-34-15-20-7-6-19(13-23(20)27(34)36)26-24(29)14-30-28(33-26)32-21-8-10-38-11-9-21/h3-7,12-14,17,21H,8-11,15-16H2,1-2H3,(H,31,35)(H,30,32,33). The van der Waals surface area contributed by atoms with Crippen molar-refractivity contribution in [3.05, 3.63) is 70.4 Å². The Kier molecular flexibility index (Phi) is 7.76. The second-order valence-electron chi connectivity index (χ2n) is 9.52. The zero-order valence-corrected chi connectivity index (χ0v) is 22.1. The molecule has 5 rings (SSSR count). The Labute approximate surface area is 226 Å². The van der Waals surface area contributed by atoms with Crippen LogP contribution in [0.5, 0.6) is 5.75 Å². The van der Waals surface area contributed by atoms with Gasteiger partial charge in [0.25, 0.3) is 5.91 Å². The molecule has 3 aromatic rings. The number of carbonyl (C=O) groups is 2. The molecule has 1 aromatic heterocycles. The van der Waals surface area contributed by atoms with Gasteiger partial charge in [0.1, 0.15) is 12.3 Å². The largest absolute Gasteiger partial charge is 0.497 e. The van der Waals surface area contributed by atoms with Crippen molar-refractivity contribution in [2.24, 2.45) is 0 Å². The van der Waals surface area contributed by atoms with E-state index in [1.807, 2.05) is 43.3 Å². The van der Waals surface area contributed by atoms with Gasteiger partial charge in [-0.3, -0.25) is 9.59 Å². The molecule has 1 unspecified atom stereocenters. The molecule has 0 bridgehead atoms. The Morgan fingerprint density at radius 2 is 2.05 bits per heavy atom. The van der Waals surface area contributed by atoms with E-state index in [1.54, 1.807) is 24.3 Å². The van der Waals surface area contributed by atoms with Gasteiger partial charge in [-0.15, -0.1) is 0 Å². The lowest BCUT2D eigenvalue weighted by Crippen LogP contribution is -2.38. The maximum Gasteiger partial charge on any atom is 0.254 e. The fraction of sp³-hybridized carbons (Fsp3) is 0.357. The number of fused-ring (bicyclic) bond motifs is 1. The third-order valence-electron chi connectivity index (χ3n) is 6.87. The van der Waals surface area contributed by atoms with Crippen LogP contribution in [0, 0.1) is 0 Å². The smallest absolute Gasteiger partial charge is 0.254 e. The number of amides is 2. The third kappa shape index (κ3) is 5.74. The van der Waals surface area contributed by atoms with E-state index in [0.717, 1.165) is 35.3 Å². The molecule has 0 aliphatic carbocycles. The first-order valence-electron chi connectivity index (χ1n) is 12.6. The number of ether oxygens (including phenoxy) is 2. The highest BCUT2D eigenvalue weighted by Crippen LogP contribution is 2.32. The molecule has 38 heavy (non-hydrogen) atoms. The van der Waals surface area contributed by atoms with Crippen LogP contribution in [0.15, 0.2) is 48.7 Å². The van der Waals surface area contributed by atoms with Crippen molar-refractivity contribution in [1.29, 1.82) is 0 Å². The molecule has 2 N–H and O–H groups in total. The number of aromatic nitrogens is 2. The minimum atomic E-state index is -0.232.